The second-order valence-corrected chi connectivity index (χ2v) is 5.43. The molecule has 1 heterocycles. The summed E-state index contributed by atoms with van der Waals surface area (Å²) in [6, 6.07) is 7.93. The lowest BCUT2D eigenvalue weighted by molar-refractivity contribution is 0.360. The third-order valence-electron chi connectivity index (χ3n) is 3.28. The quantitative estimate of drug-likeness (QED) is 0.817. The summed E-state index contributed by atoms with van der Waals surface area (Å²) in [6.45, 7) is 3.07. The van der Waals surface area contributed by atoms with Gasteiger partial charge in [-0.15, -0.1) is 0 Å². The molecule has 1 unspecified atom stereocenters. The van der Waals surface area contributed by atoms with Crippen molar-refractivity contribution in [2.24, 2.45) is 0 Å². The standard InChI is InChI=1S/C15H22N4O/c1-11(12-4-6-13(16)7-5-12)10-15-17-14(18-20-15)8-9-19(2)3/h4-7,11H,8-10,16H2,1-3H3. The van der Waals surface area contributed by atoms with Gasteiger partial charge in [-0.05, 0) is 37.7 Å². The molecule has 5 nitrogen and oxygen atoms in total. The largest absolute Gasteiger partial charge is 0.399 e. The van der Waals surface area contributed by atoms with Crippen molar-refractivity contribution in [2.45, 2.75) is 25.7 Å². The molecule has 0 bridgehead atoms. The molecule has 20 heavy (non-hydrogen) atoms. The first-order valence-corrected chi connectivity index (χ1v) is 6.86. The van der Waals surface area contributed by atoms with Crippen LogP contribution in [0.1, 0.15) is 30.1 Å². The number of hydrogen-bond acceptors (Lipinski definition) is 5. The Bertz CT molecular complexity index is 533. The smallest absolute Gasteiger partial charge is 0.227 e. The Kier molecular flexibility index (Phi) is 4.74. The van der Waals surface area contributed by atoms with E-state index in [2.05, 4.69) is 22.0 Å². The van der Waals surface area contributed by atoms with Crippen LogP contribution in [0.3, 0.4) is 0 Å². The zero-order valence-electron chi connectivity index (χ0n) is 12.3. The number of nitrogen functional groups attached to an aromatic ring is 1. The third kappa shape index (κ3) is 4.06. The molecule has 0 radical (unpaired) electrons. The van der Waals surface area contributed by atoms with Gasteiger partial charge in [0.15, 0.2) is 5.82 Å². The van der Waals surface area contributed by atoms with Gasteiger partial charge in [0.1, 0.15) is 0 Å². The predicted octanol–water partition coefficient (Wildman–Crippen LogP) is 2.10. The van der Waals surface area contributed by atoms with E-state index < -0.39 is 0 Å². The maximum absolute atomic E-state index is 5.70. The molecule has 2 aromatic rings. The predicted molar refractivity (Wildman–Crippen MR) is 79.5 cm³/mol. The number of aromatic nitrogens is 2. The topological polar surface area (TPSA) is 68.2 Å². The Hall–Kier alpha value is -1.88. The van der Waals surface area contributed by atoms with Crippen molar-refractivity contribution in [1.29, 1.82) is 0 Å². The van der Waals surface area contributed by atoms with Gasteiger partial charge >= 0.3 is 0 Å². The van der Waals surface area contributed by atoms with E-state index >= 15 is 0 Å². The maximum atomic E-state index is 5.70. The molecule has 0 aliphatic heterocycles. The second-order valence-electron chi connectivity index (χ2n) is 5.43. The van der Waals surface area contributed by atoms with Crippen molar-refractivity contribution < 1.29 is 4.52 Å². The number of nitrogens with two attached hydrogens (primary N) is 1. The number of hydrogen-bond donors (Lipinski definition) is 1. The van der Waals surface area contributed by atoms with E-state index in [1.165, 1.54) is 5.56 Å². The minimum atomic E-state index is 0.331. The SMILES string of the molecule is CC(Cc1nc(CCN(C)C)no1)c1ccc(N)cc1. The summed E-state index contributed by atoms with van der Waals surface area (Å²) in [7, 11) is 4.06. The molecule has 0 amide bonds. The van der Waals surface area contributed by atoms with Crippen LogP contribution >= 0.6 is 0 Å². The molecular formula is C15H22N4O. The Morgan fingerprint density at radius 3 is 2.60 bits per heavy atom. The first-order chi connectivity index (χ1) is 9.54. The fraction of sp³-hybridized carbons (Fsp3) is 0.467. The Morgan fingerprint density at radius 1 is 1.25 bits per heavy atom. The van der Waals surface area contributed by atoms with Crippen molar-refractivity contribution in [3.05, 3.63) is 41.5 Å². The number of rotatable bonds is 6. The highest BCUT2D eigenvalue weighted by molar-refractivity contribution is 5.40. The van der Waals surface area contributed by atoms with E-state index in [-0.39, 0.29) is 0 Å². The fourth-order valence-electron chi connectivity index (χ4n) is 2.00. The lowest BCUT2D eigenvalue weighted by Gasteiger charge is -2.09. The molecule has 1 atom stereocenters. The van der Waals surface area contributed by atoms with Crippen LogP contribution in [0.2, 0.25) is 0 Å². The highest BCUT2D eigenvalue weighted by Crippen LogP contribution is 2.20. The van der Waals surface area contributed by atoms with Crippen molar-refractivity contribution in [3.8, 4) is 0 Å². The van der Waals surface area contributed by atoms with E-state index in [0.29, 0.717) is 11.8 Å². The van der Waals surface area contributed by atoms with Crippen LogP contribution in [-0.2, 0) is 12.8 Å². The lowest BCUT2D eigenvalue weighted by atomic mass is 9.98. The summed E-state index contributed by atoms with van der Waals surface area (Å²) in [5, 5.41) is 4.02. The summed E-state index contributed by atoms with van der Waals surface area (Å²) in [5.74, 6) is 1.80. The van der Waals surface area contributed by atoms with Gasteiger partial charge in [0, 0.05) is 25.1 Å². The summed E-state index contributed by atoms with van der Waals surface area (Å²) >= 11 is 0. The van der Waals surface area contributed by atoms with E-state index in [9.17, 15) is 0 Å². The van der Waals surface area contributed by atoms with Gasteiger partial charge in [-0.3, -0.25) is 0 Å². The Labute approximate surface area is 119 Å². The second kappa shape index (κ2) is 6.52. The first-order valence-electron chi connectivity index (χ1n) is 6.86. The van der Waals surface area contributed by atoms with Gasteiger partial charge in [0.25, 0.3) is 0 Å². The molecule has 0 aliphatic rings. The summed E-state index contributed by atoms with van der Waals surface area (Å²) in [6.07, 6.45) is 1.56. The van der Waals surface area contributed by atoms with Crippen molar-refractivity contribution in [1.82, 2.24) is 15.0 Å². The number of likely N-dealkylation sites (N-methyl/N-ethyl adjacent to an activating group) is 1. The highest BCUT2D eigenvalue weighted by atomic mass is 16.5. The van der Waals surface area contributed by atoms with Crippen molar-refractivity contribution in [3.63, 3.8) is 0 Å². The van der Waals surface area contributed by atoms with E-state index in [1.54, 1.807) is 0 Å². The Morgan fingerprint density at radius 2 is 1.95 bits per heavy atom. The number of benzene rings is 1. The molecular weight excluding hydrogens is 252 g/mol. The monoisotopic (exact) mass is 274 g/mol. The fourth-order valence-corrected chi connectivity index (χ4v) is 2.00. The van der Waals surface area contributed by atoms with Gasteiger partial charge < -0.3 is 15.2 Å². The van der Waals surface area contributed by atoms with Gasteiger partial charge in [0.05, 0.1) is 0 Å². The van der Waals surface area contributed by atoms with E-state index in [0.717, 1.165) is 30.9 Å². The minimum absolute atomic E-state index is 0.331. The number of nitrogens with zero attached hydrogens (tertiary/aromatic N) is 3. The summed E-state index contributed by atoms with van der Waals surface area (Å²) in [4.78, 5) is 6.54. The van der Waals surface area contributed by atoms with Crippen LogP contribution in [-0.4, -0.2) is 35.7 Å². The molecule has 0 saturated carbocycles. The van der Waals surface area contributed by atoms with Crippen LogP contribution in [0, 0.1) is 0 Å². The molecule has 0 spiro atoms. The number of anilines is 1. The van der Waals surface area contributed by atoms with Crippen molar-refractivity contribution >= 4 is 5.69 Å². The highest BCUT2D eigenvalue weighted by Gasteiger charge is 2.12. The van der Waals surface area contributed by atoms with Crippen LogP contribution in [0.4, 0.5) is 5.69 Å². The molecule has 2 rings (SSSR count). The van der Waals surface area contributed by atoms with Crippen molar-refractivity contribution in [2.75, 3.05) is 26.4 Å². The normalized spacial score (nSPS) is 12.8. The van der Waals surface area contributed by atoms with Gasteiger partial charge in [-0.1, -0.05) is 24.2 Å². The third-order valence-corrected chi connectivity index (χ3v) is 3.28. The average molecular weight is 274 g/mol. The van der Waals surface area contributed by atoms with E-state index in [4.69, 9.17) is 10.3 Å². The first kappa shape index (κ1) is 14.5. The van der Waals surface area contributed by atoms with E-state index in [1.807, 2.05) is 38.4 Å². The summed E-state index contributed by atoms with van der Waals surface area (Å²) < 4.78 is 5.31. The zero-order valence-corrected chi connectivity index (χ0v) is 12.3. The van der Waals surface area contributed by atoms with Crippen LogP contribution in [0.15, 0.2) is 28.8 Å². The van der Waals surface area contributed by atoms with Gasteiger partial charge in [-0.25, -0.2) is 0 Å². The van der Waals surface area contributed by atoms with Crippen LogP contribution < -0.4 is 5.73 Å². The molecule has 1 aromatic heterocycles. The molecule has 0 fully saturated rings. The van der Waals surface area contributed by atoms with Gasteiger partial charge in [0.2, 0.25) is 5.89 Å². The summed E-state index contributed by atoms with van der Waals surface area (Å²) in [5.41, 5.74) is 7.71. The molecule has 5 heteroatoms. The molecule has 0 aliphatic carbocycles. The average Bonchev–Trinajstić information content (AvgIpc) is 2.84. The minimum Gasteiger partial charge on any atom is -0.399 e. The zero-order chi connectivity index (χ0) is 14.5. The van der Waals surface area contributed by atoms with Crippen LogP contribution in [0.5, 0.6) is 0 Å². The van der Waals surface area contributed by atoms with Crippen LogP contribution in [0.25, 0.3) is 0 Å². The Balaban J connectivity index is 1.94. The lowest BCUT2D eigenvalue weighted by Crippen LogP contribution is -2.15. The molecule has 2 N–H and O–H groups in total. The maximum Gasteiger partial charge on any atom is 0.227 e. The van der Waals surface area contributed by atoms with Gasteiger partial charge in [-0.2, -0.15) is 4.98 Å². The molecule has 0 saturated heterocycles. The molecule has 108 valence electrons. The molecule has 1 aromatic carbocycles.